The molecule has 1 aromatic carbocycles. The van der Waals surface area contributed by atoms with E-state index >= 15 is 0 Å². The lowest BCUT2D eigenvalue weighted by Gasteiger charge is -2.17. The Hall–Kier alpha value is -1.42. The first-order valence-corrected chi connectivity index (χ1v) is 5.59. The van der Waals surface area contributed by atoms with Gasteiger partial charge in [0.1, 0.15) is 0 Å². The van der Waals surface area contributed by atoms with E-state index in [1.54, 1.807) is 6.07 Å². The fourth-order valence-corrected chi connectivity index (χ4v) is 1.72. The molecule has 0 heterocycles. The number of hydrogen-bond donors (Lipinski definition) is 1. The number of nitrogens with two attached hydrogens (primary N) is 1. The molecule has 0 spiro atoms. The Labute approximate surface area is 101 Å². The molecule has 0 aliphatic rings. The zero-order valence-corrected chi connectivity index (χ0v) is 10.4. The van der Waals surface area contributed by atoms with Gasteiger partial charge in [-0.3, -0.25) is 4.79 Å². The topological polar surface area (TPSA) is 52.3 Å². The maximum atomic E-state index is 13.5. The minimum absolute atomic E-state index is 0.121. The molecule has 3 nitrogen and oxygen atoms in total. The van der Waals surface area contributed by atoms with E-state index < -0.39 is 5.82 Å². The lowest BCUT2D eigenvalue weighted by Crippen LogP contribution is -2.28. The number of methoxy groups -OCH3 is 1. The van der Waals surface area contributed by atoms with Crippen LogP contribution in [0.15, 0.2) is 18.2 Å². The van der Waals surface area contributed by atoms with Crippen molar-refractivity contribution in [2.75, 3.05) is 13.7 Å². The number of hydrogen-bond acceptors (Lipinski definition) is 3. The van der Waals surface area contributed by atoms with Crippen molar-refractivity contribution in [3.63, 3.8) is 0 Å². The Morgan fingerprint density at radius 1 is 1.47 bits per heavy atom. The lowest BCUT2D eigenvalue weighted by molar-refractivity contribution is 0.0891. The molecule has 1 atom stereocenters. The zero-order valence-electron chi connectivity index (χ0n) is 10.4. The molecule has 0 radical (unpaired) electrons. The zero-order chi connectivity index (χ0) is 13.0. The molecule has 0 bridgehead atoms. The molecule has 94 valence electrons. The molecule has 0 saturated carbocycles. The molecule has 1 aromatic rings. The number of rotatable bonds is 5. The highest BCUT2D eigenvalue weighted by Crippen LogP contribution is 2.21. The van der Waals surface area contributed by atoms with Gasteiger partial charge < -0.3 is 10.5 Å². The van der Waals surface area contributed by atoms with Crippen molar-refractivity contribution in [3.05, 3.63) is 29.6 Å². The molecule has 0 fully saturated rings. The Morgan fingerprint density at radius 2 is 2.12 bits per heavy atom. The van der Waals surface area contributed by atoms with Crippen LogP contribution in [0.25, 0.3) is 0 Å². The number of ketones is 1. The van der Waals surface area contributed by atoms with Crippen LogP contribution in [0.1, 0.15) is 24.2 Å². The largest absolute Gasteiger partial charge is 0.494 e. The van der Waals surface area contributed by atoms with Gasteiger partial charge >= 0.3 is 0 Å². The number of benzene rings is 1. The van der Waals surface area contributed by atoms with Crippen molar-refractivity contribution >= 4 is 5.78 Å². The summed E-state index contributed by atoms with van der Waals surface area (Å²) in [6.45, 7) is 4.12. The molecule has 0 amide bonds. The minimum Gasteiger partial charge on any atom is -0.494 e. The van der Waals surface area contributed by atoms with Gasteiger partial charge in [0.15, 0.2) is 17.3 Å². The van der Waals surface area contributed by atoms with E-state index in [9.17, 15) is 9.18 Å². The second-order valence-electron chi connectivity index (χ2n) is 4.30. The second-order valence-corrected chi connectivity index (χ2v) is 4.30. The summed E-state index contributed by atoms with van der Waals surface area (Å²) in [4.78, 5) is 12.1. The van der Waals surface area contributed by atoms with Gasteiger partial charge in [-0.2, -0.15) is 0 Å². The first-order valence-electron chi connectivity index (χ1n) is 5.59. The summed E-state index contributed by atoms with van der Waals surface area (Å²) in [6, 6.07) is 4.22. The first-order chi connectivity index (χ1) is 8.01. The van der Waals surface area contributed by atoms with E-state index in [1.807, 2.05) is 13.8 Å². The van der Waals surface area contributed by atoms with E-state index in [4.69, 9.17) is 10.5 Å². The third-order valence-electron chi connectivity index (χ3n) is 2.83. The predicted molar refractivity (Wildman–Crippen MR) is 64.7 cm³/mol. The van der Waals surface area contributed by atoms with E-state index in [-0.39, 0.29) is 29.9 Å². The van der Waals surface area contributed by atoms with Gasteiger partial charge in [-0.15, -0.1) is 0 Å². The summed E-state index contributed by atoms with van der Waals surface area (Å²) < 4.78 is 18.3. The third-order valence-corrected chi connectivity index (χ3v) is 2.83. The van der Waals surface area contributed by atoms with Crippen molar-refractivity contribution in [2.24, 2.45) is 17.6 Å². The summed E-state index contributed by atoms with van der Waals surface area (Å²) in [7, 11) is 1.39. The van der Waals surface area contributed by atoms with Crippen molar-refractivity contribution in [1.82, 2.24) is 0 Å². The fourth-order valence-electron chi connectivity index (χ4n) is 1.72. The molecule has 0 aliphatic carbocycles. The SMILES string of the molecule is COc1ccc(C(=O)C(CN)C(C)C)cc1F. The van der Waals surface area contributed by atoms with Gasteiger partial charge in [0.2, 0.25) is 0 Å². The quantitative estimate of drug-likeness (QED) is 0.802. The standard InChI is InChI=1S/C13H18FNO2/c1-8(2)10(7-15)13(16)9-4-5-12(17-3)11(14)6-9/h4-6,8,10H,7,15H2,1-3H3. The lowest BCUT2D eigenvalue weighted by atomic mass is 9.88. The number of halogens is 1. The molecule has 2 N–H and O–H groups in total. The normalized spacial score (nSPS) is 12.6. The Balaban J connectivity index is 3.00. The minimum atomic E-state index is -0.530. The van der Waals surface area contributed by atoms with E-state index in [1.165, 1.54) is 19.2 Å². The molecule has 0 saturated heterocycles. The smallest absolute Gasteiger partial charge is 0.167 e. The number of carbonyl (C=O) groups is 1. The Morgan fingerprint density at radius 3 is 2.53 bits per heavy atom. The number of ether oxygens (including phenoxy) is 1. The fraction of sp³-hybridized carbons (Fsp3) is 0.462. The highest BCUT2D eigenvalue weighted by atomic mass is 19.1. The van der Waals surface area contributed by atoms with Crippen LogP contribution in [0.4, 0.5) is 4.39 Å². The van der Waals surface area contributed by atoms with Crippen LogP contribution in [-0.4, -0.2) is 19.4 Å². The maximum Gasteiger partial charge on any atom is 0.167 e. The van der Waals surface area contributed by atoms with E-state index in [0.29, 0.717) is 5.56 Å². The second kappa shape index (κ2) is 5.77. The third kappa shape index (κ3) is 3.03. The molecular weight excluding hydrogens is 221 g/mol. The highest BCUT2D eigenvalue weighted by Gasteiger charge is 2.22. The van der Waals surface area contributed by atoms with Crippen LogP contribution >= 0.6 is 0 Å². The summed E-state index contributed by atoms with van der Waals surface area (Å²) in [5.74, 6) is -0.655. The molecule has 1 unspecified atom stereocenters. The summed E-state index contributed by atoms with van der Waals surface area (Å²) in [6.07, 6.45) is 0. The van der Waals surface area contributed by atoms with Crippen molar-refractivity contribution < 1.29 is 13.9 Å². The molecule has 4 heteroatoms. The van der Waals surface area contributed by atoms with Crippen LogP contribution in [0.2, 0.25) is 0 Å². The highest BCUT2D eigenvalue weighted by molar-refractivity contribution is 5.98. The molecule has 0 aromatic heterocycles. The number of carbonyl (C=O) groups excluding carboxylic acids is 1. The van der Waals surface area contributed by atoms with Crippen LogP contribution in [0, 0.1) is 17.7 Å². The van der Waals surface area contributed by atoms with E-state index in [0.717, 1.165) is 0 Å². The van der Waals surface area contributed by atoms with Crippen molar-refractivity contribution in [2.45, 2.75) is 13.8 Å². The monoisotopic (exact) mass is 239 g/mol. The van der Waals surface area contributed by atoms with Gasteiger partial charge in [0.05, 0.1) is 7.11 Å². The van der Waals surface area contributed by atoms with Crippen molar-refractivity contribution in [1.29, 1.82) is 0 Å². The Bertz CT molecular complexity index is 404. The molecule has 17 heavy (non-hydrogen) atoms. The van der Waals surface area contributed by atoms with Crippen LogP contribution in [0.3, 0.4) is 0 Å². The molecular formula is C13H18FNO2. The van der Waals surface area contributed by atoms with Gasteiger partial charge in [-0.25, -0.2) is 4.39 Å². The van der Waals surface area contributed by atoms with Gasteiger partial charge in [-0.1, -0.05) is 13.8 Å². The van der Waals surface area contributed by atoms with Crippen LogP contribution in [0.5, 0.6) is 5.75 Å². The van der Waals surface area contributed by atoms with Gasteiger partial charge in [0, 0.05) is 18.0 Å². The maximum absolute atomic E-state index is 13.5. The first kappa shape index (κ1) is 13.6. The average molecular weight is 239 g/mol. The van der Waals surface area contributed by atoms with E-state index in [2.05, 4.69) is 0 Å². The summed E-state index contributed by atoms with van der Waals surface area (Å²) in [5.41, 5.74) is 5.91. The number of Topliss-reactive ketones (excluding diaryl/α,β-unsaturated/α-hetero) is 1. The summed E-state index contributed by atoms with van der Waals surface area (Å²) in [5, 5.41) is 0. The Kier molecular flexibility index (Phi) is 4.63. The average Bonchev–Trinajstić information content (AvgIpc) is 2.29. The van der Waals surface area contributed by atoms with Gasteiger partial charge in [0.25, 0.3) is 0 Å². The van der Waals surface area contributed by atoms with Gasteiger partial charge in [-0.05, 0) is 24.1 Å². The predicted octanol–water partition coefficient (Wildman–Crippen LogP) is 2.25. The van der Waals surface area contributed by atoms with Crippen LogP contribution in [-0.2, 0) is 0 Å². The van der Waals surface area contributed by atoms with Crippen molar-refractivity contribution in [3.8, 4) is 5.75 Å². The molecule has 0 aliphatic heterocycles. The molecule has 1 rings (SSSR count). The van der Waals surface area contributed by atoms with Crippen LogP contribution < -0.4 is 10.5 Å². The summed E-state index contributed by atoms with van der Waals surface area (Å²) >= 11 is 0.